The van der Waals surface area contributed by atoms with Crippen LogP contribution in [-0.2, 0) is 14.2 Å². The van der Waals surface area contributed by atoms with E-state index >= 15 is 0 Å². The van der Waals surface area contributed by atoms with Crippen LogP contribution in [0.3, 0.4) is 0 Å². The molecule has 0 heterocycles. The van der Waals surface area contributed by atoms with Crippen molar-refractivity contribution in [1.82, 2.24) is 10.6 Å². The van der Waals surface area contributed by atoms with Crippen LogP contribution < -0.4 is 16.4 Å². The Hall–Kier alpha value is -0.910. The topological polar surface area (TPSA) is 122 Å². The van der Waals surface area contributed by atoms with E-state index in [1.165, 1.54) is 6.42 Å². The minimum Gasteiger partial charge on any atom is -0.354 e. The number of carbonyl (C=O) groups is 2. The van der Waals surface area contributed by atoms with Crippen molar-refractivity contribution in [3.05, 3.63) is 0 Å². The molecular formula is C18H36N3O4P. The molecular weight excluding hydrogens is 353 g/mol. The molecule has 8 heteroatoms. The Bertz CT molecular complexity index is 505. The highest BCUT2D eigenvalue weighted by Crippen LogP contribution is 2.45. The molecule has 0 spiro atoms. The van der Waals surface area contributed by atoms with Crippen LogP contribution >= 0.6 is 7.37 Å². The second-order valence-electron chi connectivity index (χ2n) is 7.92. The van der Waals surface area contributed by atoms with Crippen molar-refractivity contribution in [3.8, 4) is 0 Å². The van der Waals surface area contributed by atoms with Gasteiger partial charge in [-0.25, -0.2) is 0 Å². The highest BCUT2D eigenvalue weighted by atomic mass is 31.2. The van der Waals surface area contributed by atoms with Crippen molar-refractivity contribution in [2.24, 2.45) is 17.6 Å². The molecule has 1 saturated carbocycles. The van der Waals surface area contributed by atoms with E-state index < -0.39 is 19.5 Å². The molecule has 3 unspecified atom stereocenters. The lowest BCUT2D eigenvalue weighted by molar-refractivity contribution is -0.130. The minimum atomic E-state index is -3.14. The summed E-state index contributed by atoms with van der Waals surface area (Å²) in [5.74, 6) is -0.360. The van der Waals surface area contributed by atoms with Crippen molar-refractivity contribution in [2.75, 3.05) is 18.9 Å². The Kier molecular flexibility index (Phi) is 9.83. The summed E-state index contributed by atoms with van der Waals surface area (Å²) in [6.07, 6.45) is 6.73. The van der Waals surface area contributed by atoms with Gasteiger partial charge >= 0.3 is 0 Å². The third-order valence-electron chi connectivity index (χ3n) is 4.91. The summed E-state index contributed by atoms with van der Waals surface area (Å²) in [7, 11) is -3.14. The number of nitrogens with two attached hydrogens (primary N) is 1. The van der Waals surface area contributed by atoms with Crippen molar-refractivity contribution in [3.63, 3.8) is 0 Å². The molecule has 0 aliphatic heterocycles. The molecule has 1 aliphatic carbocycles. The maximum Gasteiger partial charge on any atom is 0.242 e. The monoisotopic (exact) mass is 389 g/mol. The van der Waals surface area contributed by atoms with Gasteiger partial charge in [-0.15, -0.1) is 0 Å². The number of nitrogens with one attached hydrogen (secondary N) is 2. The predicted molar refractivity (Wildman–Crippen MR) is 104 cm³/mol. The van der Waals surface area contributed by atoms with Crippen LogP contribution in [0.1, 0.15) is 59.3 Å². The van der Waals surface area contributed by atoms with Gasteiger partial charge in [-0.2, -0.15) is 0 Å². The Morgan fingerprint density at radius 1 is 1.15 bits per heavy atom. The first-order valence-electron chi connectivity index (χ1n) is 9.77. The molecule has 5 N–H and O–H groups in total. The van der Waals surface area contributed by atoms with Crippen molar-refractivity contribution >= 4 is 19.2 Å². The zero-order valence-corrected chi connectivity index (χ0v) is 17.3. The first-order chi connectivity index (χ1) is 12.1. The molecule has 1 aliphatic rings. The molecule has 2 amide bonds. The highest BCUT2D eigenvalue weighted by molar-refractivity contribution is 7.57. The van der Waals surface area contributed by atoms with Gasteiger partial charge < -0.3 is 21.3 Å². The van der Waals surface area contributed by atoms with Crippen LogP contribution in [0.25, 0.3) is 0 Å². The first-order valence-corrected chi connectivity index (χ1v) is 11.8. The average Bonchev–Trinajstić information content (AvgIpc) is 2.56. The van der Waals surface area contributed by atoms with E-state index in [4.69, 9.17) is 5.73 Å². The Morgan fingerprint density at radius 3 is 2.31 bits per heavy atom. The maximum atomic E-state index is 12.4. The molecule has 0 aromatic rings. The van der Waals surface area contributed by atoms with Gasteiger partial charge in [0, 0.05) is 18.9 Å². The van der Waals surface area contributed by atoms with Crippen molar-refractivity contribution < 1.29 is 19.0 Å². The molecule has 26 heavy (non-hydrogen) atoms. The lowest BCUT2D eigenvalue weighted by atomic mass is 9.91. The highest BCUT2D eigenvalue weighted by Gasteiger charge is 2.27. The second kappa shape index (κ2) is 11.1. The first kappa shape index (κ1) is 23.1. The Morgan fingerprint density at radius 2 is 1.77 bits per heavy atom. The maximum absolute atomic E-state index is 12.4. The fraction of sp³-hybridized carbons (Fsp3) is 0.889. The lowest BCUT2D eigenvalue weighted by Gasteiger charge is -2.24. The van der Waals surface area contributed by atoms with E-state index in [2.05, 4.69) is 10.6 Å². The third-order valence-corrected chi connectivity index (χ3v) is 7.01. The van der Waals surface area contributed by atoms with E-state index in [9.17, 15) is 19.0 Å². The van der Waals surface area contributed by atoms with E-state index in [1.54, 1.807) is 6.92 Å². The lowest BCUT2D eigenvalue weighted by Crippen LogP contribution is -2.53. The number of amides is 2. The van der Waals surface area contributed by atoms with Crippen LogP contribution in [0, 0.1) is 11.8 Å². The fourth-order valence-electron chi connectivity index (χ4n) is 3.33. The Labute approximate surface area is 157 Å². The molecule has 1 rings (SSSR count). The van der Waals surface area contributed by atoms with Crippen molar-refractivity contribution in [1.29, 1.82) is 0 Å². The van der Waals surface area contributed by atoms with Crippen molar-refractivity contribution in [2.45, 2.75) is 71.4 Å². The van der Waals surface area contributed by atoms with Gasteiger partial charge in [0.1, 0.15) is 6.04 Å². The summed E-state index contributed by atoms with van der Waals surface area (Å²) in [6.45, 7) is 5.58. The van der Waals surface area contributed by atoms with Gasteiger partial charge in [0.15, 0.2) is 0 Å². The molecule has 1 fully saturated rings. The van der Waals surface area contributed by atoms with Gasteiger partial charge in [-0.1, -0.05) is 33.1 Å². The van der Waals surface area contributed by atoms with Crippen LogP contribution in [0.5, 0.6) is 0 Å². The molecule has 0 bridgehead atoms. The zero-order valence-electron chi connectivity index (χ0n) is 16.4. The van der Waals surface area contributed by atoms with Gasteiger partial charge in [-0.3, -0.25) is 14.2 Å². The van der Waals surface area contributed by atoms with Crippen LogP contribution in [-0.4, -0.2) is 47.7 Å². The summed E-state index contributed by atoms with van der Waals surface area (Å²) in [5, 5.41) is 5.40. The zero-order chi connectivity index (χ0) is 19.7. The van der Waals surface area contributed by atoms with Gasteiger partial charge in [0.05, 0.1) is 6.04 Å². The molecule has 152 valence electrons. The second-order valence-corrected chi connectivity index (χ2v) is 10.4. The smallest absolute Gasteiger partial charge is 0.242 e. The third kappa shape index (κ3) is 8.65. The van der Waals surface area contributed by atoms with Crippen LogP contribution in [0.4, 0.5) is 0 Å². The molecule has 0 saturated heterocycles. The fourth-order valence-corrected chi connectivity index (χ4v) is 5.34. The average molecular weight is 389 g/mol. The summed E-state index contributed by atoms with van der Waals surface area (Å²) in [4.78, 5) is 34.2. The number of hydrogen-bond donors (Lipinski definition) is 4. The van der Waals surface area contributed by atoms with E-state index in [-0.39, 0.29) is 23.9 Å². The molecule has 0 aromatic heterocycles. The van der Waals surface area contributed by atoms with Crippen LogP contribution in [0.15, 0.2) is 0 Å². The predicted octanol–water partition coefficient (Wildman–Crippen LogP) is 1.83. The largest absolute Gasteiger partial charge is 0.354 e. The Balaban J connectivity index is 2.36. The number of carbonyl (C=O) groups excluding carboxylic acids is 2. The SMILES string of the molecule is CC(N)C(=O)NC(C(=O)NCCCP(=O)(O)CC1CCCCC1)C(C)C. The summed E-state index contributed by atoms with van der Waals surface area (Å²) in [5.41, 5.74) is 5.53. The minimum absolute atomic E-state index is 0.0760. The van der Waals surface area contributed by atoms with Crippen LogP contribution in [0.2, 0.25) is 0 Å². The standard InChI is InChI=1S/C18H36N3O4P/c1-13(2)16(21-17(22)14(3)19)18(23)20-10-7-11-26(24,25)12-15-8-5-4-6-9-15/h13-16H,4-12,19H2,1-3H3,(H,20,23)(H,21,22)(H,24,25). The van der Waals surface area contributed by atoms with Gasteiger partial charge in [-0.05, 0) is 38.0 Å². The molecule has 7 nitrogen and oxygen atoms in total. The quantitative estimate of drug-likeness (QED) is 0.335. The van der Waals surface area contributed by atoms with E-state index in [0.29, 0.717) is 25.0 Å². The molecule has 0 radical (unpaired) electrons. The normalized spacial score (nSPS) is 20.2. The van der Waals surface area contributed by atoms with E-state index in [0.717, 1.165) is 25.7 Å². The number of hydrogen-bond acceptors (Lipinski definition) is 4. The summed E-state index contributed by atoms with van der Waals surface area (Å²) in [6, 6.07) is -1.33. The summed E-state index contributed by atoms with van der Waals surface area (Å²) < 4.78 is 12.4. The molecule has 3 atom stereocenters. The molecule has 0 aromatic carbocycles. The number of rotatable bonds is 10. The van der Waals surface area contributed by atoms with Gasteiger partial charge in [0.2, 0.25) is 19.2 Å². The summed E-state index contributed by atoms with van der Waals surface area (Å²) >= 11 is 0. The van der Waals surface area contributed by atoms with Gasteiger partial charge in [0.25, 0.3) is 0 Å². The van der Waals surface area contributed by atoms with E-state index in [1.807, 2.05) is 13.8 Å².